The van der Waals surface area contributed by atoms with Crippen molar-refractivity contribution in [2.75, 3.05) is 13.1 Å². The topological polar surface area (TPSA) is 197 Å². The van der Waals surface area contributed by atoms with Crippen LogP contribution in [0.15, 0.2) is 30.3 Å². The van der Waals surface area contributed by atoms with E-state index in [-0.39, 0.29) is 19.4 Å². The molecule has 0 radical (unpaired) electrons. The zero-order valence-electron chi connectivity index (χ0n) is 23.8. The second-order valence-electron chi connectivity index (χ2n) is 10.8. The third-order valence-corrected chi connectivity index (χ3v) is 4.73. The Bertz CT molecular complexity index is 1090. The van der Waals surface area contributed by atoms with Crippen LogP contribution in [0.25, 0.3) is 0 Å². The second-order valence-corrected chi connectivity index (χ2v) is 10.8. The molecule has 0 spiro atoms. The van der Waals surface area contributed by atoms with E-state index in [0.717, 1.165) is 0 Å². The fraction of sp³-hybridized carbons (Fsp3) is 0.519. The number of benzene rings is 1. The first-order chi connectivity index (χ1) is 18.5. The molecule has 0 unspecified atom stereocenters. The summed E-state index contributed by atoms with van der Waals surface area (Å²) in [5.74, 6) is -1.55. The fourth-order valence-electron chi connectivity index (χ4n) is 2.95. The van der Waals surface area contributed by atoms with Gasteiger partial charge in [-0.05, 0) is 53.5 Å². The Morgan fingerprint density at radius 2 is 1.27 bits per heavy atom. The van der Waals surface area contributed by atoms with Gasteiger partial charge in [0.15, 0.2) is 11.6 Å². The summed E-state index contributed by atoms with van der Waals surface area (Å²) in [7, 11) is 0. The summed E-state index contributed by atoms with van der Waals surface area (Å²) in [5, 5.41) is 23.0. The van der Waals surface area contributed by atoms with Gasteiger partial charge in [0.1, 0.15) is 17.8 Å². The van der Waals surface area contributed by atoms with Crippen LogP contribution < -0.4 is 16.0 Å². The number of hydrogen-bond donors (Lipinski definition) is 5. The highest BCUT2D eigenvalue weighted by Crippen LogP contribution is 2.08. The Morgan fingerprint density at radius 1 is 0.775 bits per heavy atom. The zero-order valence-corrected chi connectivity index (χ0v) is 23.8. The maximum atomic E-state index is 13.0. The lowest BCUT2D eigenvalue weighted by Gasteiger charge is -2.21. The van der Waals surface area contributed by atoms with Crippen molar-refractivity contribution in [1.82, 2.24) is 16.0 Å². The van der Waals surface area contributed by atoms with Crippen LogP contribution in [0.2, 0.25) is 0 Å². The van der Waals surface area contributed by atoms with Gasteiger partial charge in [0.05, 0.1) is 30.6 Å². The largest absolute Gasteiger partial charge is 0.445 e. The molecule has 0 aliphatic rings. The van der Waals surface area contributed by atoms with Crippen molar-refractivity contribution in [1.29, 1.82) is 10.8 Å². The van der Waals surface area contributed by atoms with Gasteiger partial charge in [-0.3, -0.25) is 20.4 Å². The van der Waals surface area contributed by atoms with Gasteiger partial charge >= 0.3 is 18.3 Å². The van der Waals surface area contributed by atoms with Crippen LogP contribution in [-0.4, -0.2) is 71.6 Å². The van der Waals surface area contributed by atoms with E-state index < -0.39 is 71.6 Å². The van der Waals surface area contributed by atoms with Crippen LogP contribution in [0.4, 0.5) is 14.4 Å². The van der Waals surface area contributed by atoms with Crippen molar-refractivity contribution in [3.8, 4) is 0 Å². The first kappa shape index (κ1) is 33.7. The highest BCUT2D eigenvalue weighted by atomic mass is 16.6. The van der Waals surface area contributed by atoms with Crippen molar-refractivity contribution < 1.29 is 38.2 Å². The molecule has 0 saturated heterocycles. The predicted octanol–water partition coefficient (Wildman–Crippen LogP) is 3.29. The van der Waals surface area contributed by atoms with Gasteiger partial charge in [-0.1, -0.05) is 30.3 Å². The van der Waals surface area contributed by atoms with Gasteiger partial charge < -0.3 is 30.2 Å². The maximum absolute atomic E-state index is 13.0. The molecule has 0 aliphatic heterocycles. The second kappa shape index (κ2) is 15.3. The molecule has 0 aliphatic carbocycles. The summed E-state index contributed by atoms with van der Waals surface area (Å²) >= 11 is 0. The van der Waals surface area contributed by atoms with E-state index in [0.29, 0.717) is 5.56 Å². The first-order valence-corrected chi connectivity index (χ1v) is 12.6. The summed E-state index contributed by atoms with van der Waals surface area (Å²) in [4.78, 5) is 61.5. The molecule has 0 aromatic heterocycles. The normalized spacial score (nSPS) is 11.8. The van der Waals surface area contributed by atoms with Gasteiger partial charge in [0.2, 0.25) is 0 Å². The minimum atomic E-state index is -1.35. The molecule has 1 aromatic rings. The molecule has 40 heavy (non-hydrogen) atoms. The molecule has 5 N–H and O–H groups in total. The number of carbonyl (C=O) groups excluding carboxylic acids is 5. The van der Waals surface area contributed by atoms with E-state index in [9.17, 15) is 24.0 Å². The summed E-state index contributed by atoms with van der Waals surface area (Å²) < 4.78 is 15.3. The van der Waals surface area contributed by atoms with E-state index in [2.05, 4.69) is 16.0 Å². The number of carbonyl (C=O) groups is 5. The number of ether oxygens (including phenoxy) is 3. The molecule has 1 aromatic carbocycles. The van der Waals surface area contributed by atoms with Crippen LogP contribution in [0.1, 0.15) is 59.9 Å². The number of amides is 3. The monoisotopic (exact) mass is 561 g/mol. The molecule has 13 nitrogen and oxygen atoms in total. The fourth-order valence-corrected chi connectivity index (χ4v) is 2.95. The van der Waals surface area contributed by atoms with Crippen molar-refractivity contribution >= 4 is 41.3 Å². The lowest BCUT2D eigenvalue weighted by molar-refractivity contribution is -0.115. The van der Waals surface area contributed by atoms with Crippen molar-refractivity contribution in [2.24, 2.45) is 0 Å². The van der Waals surface area contributed by atoms with Crippen LogP contribution in [0.3, 0.4) is 0 Å². The Hall–Kier alpha value is -4.29. The predicted molar refractivity (Wildman–Crippen MR) is 147 cm³/mol. The Kier molecular flexibility index (Phi) is 12.9. The molecule has 1 atom stereocenters. The summed E-state index contributed by atoms with van der Waals surface area (Å²) in [6, 6.07) is 7.45. The molecule has 0 fully saturated rings. The standard InChI is InChI=1S/C27H39N5O8/c1-26(2,3)39-23(35)30-14-18(28)21(33)13-12-20(32-25(37)38-16-17-10-8-7-9-11-17)22(34)19(29)15-31-24(36)40-27(4,5)6/h7-11,20,28-29H,12-16H2,1-6H3,(H,30,35)(H,31,36)(H,32,37)/t20-/m0/s1. The molecule has 13 heteroatoms. The van der Waals surface area contributed by atoms with Crippen molar-refractivity contribution in [2.45, 2.75) is 78.2 Å². The van der Waals surface area contributed by atoms with E-state index in [4.69, 9.17) is 25.0 Å². The summed E-state index contributed by atoms with van der Waals surface area (Å²) in [6.07, 6.45) is -3.20. The number of ketones is 2. The van der Waals surface area contributed by atoms with Gasteiger partial charge in [-0.2, -0.15) is 0 Å². The average Bonchev–Trinajstić information content (AvgIpc) is 2.84. The highest BCUT2D eigenvalue weighted by Gasteiger charge is 2.27. The summed E-state index contributed by atoms with van der Waals surface area (Å²) in [6.45, 7) is 9.01. The average molecular weight is 562 g/mol. The van der Waals surface area contributed by atoms with E-state index in [1.54, 1.807) is 71.9 Å². The minimum Gasteiger partial charge on any atom is -0.445 e. The third kappa shape index (κ3) is 14.6. The Balaban J connectivity index is 2.79. The SMILES string of the molecule is CC(C)(C)OC(=O)NCC(=N)C(=O)CC[C@H](NC(=O)OCc1ccccc1)C(=O)C(=N)CNC(=O)OC(C)(C)C. The Morgan fingerprint density at radius 3 is 1.77 bits per heavy atom. The number of nitrogens with one attached hydrogen (secondary N) is 5. The van der Waals surface area contributed by atoms with Gasteiger partial charge in [-0.25, -0.2) is 14.4 Å². The molecule has 220 valence electrons. The van der Waals surface area contributed by atoms with E-state index in [1.165, 1.54) is 0 Å². The van der Waals surface area contributed by atoms with E-state index in [1.807, 2.05) is 0 Å². The summed E-state index contributed by atoms with van der Waals surface area (Å²) in [5.41, 5.74) is -1.82. The molecule has 1 rings (SSSR count). The quantitative estimate of drug-likeness (QED) is 0.178. The lowest BCUT2D eigenvalue weighted by atomic mass is 10.00. The molecular weight excluding hydrogens is 522 g/mol. The number of hydrogen-bond acceptors (Lipinski definition) is 10. The number of rotatable bonds is 13. The molecule has 0 heterocycles. The molecule has 0 bridgehead atoms. The van der Waals surface area contributed by atoms with Gasteiger partial charge in [-0.15, -0.1) is 0 Å². The van der Waals surface area contributed by atoms with Gasteiger partial charge in [0.25, 0.3) is 0 Å². The van der Waals surface area contributed by atoms with Crippen LogP contribution in [0.5, 0.6) is 0 Å². The van der Waals surface area contributed by atoms with Crippen LogP contribution in [0, 0.1) is 10.8 Å². The number of Topliss-reactive ketones (excluding diaryl/α,β-unsaturated/α-hetero) is 2. The zero-order chi connectivity index (χ0) is 30.5. The van der Waals surface area contributed by atoms with Crippen molar-refractivity contribution in [3.63, 3.8) is 0 Å². The lowest BCUT2D eigenvalue weighted by Crippen LogP contribution is -2.47. The van der Waals surface area contributed by atoms with Crippen LogP contribution >= 0.6 is 0 Å². The smallest absolute Gasteiger partial charge is 0.408 e. The molecule has 3 amide bonds. The highest BCUT2D eigenvalue weighted by molar-refractivity contribution is 6.42. The minimum absolute atomic E-state index is 0.0782. The maximum Gasteiger partial charge on any atom is 0.408 e. The molecular formula is C27H39N5O8. The van der Waals surface area contributed by atoms with Gasteiger partial charge in [0, 0.05) is 6.42 Å². The van der Waals surface area contributed by atoms with E-state index >= 15 is 0 Å². The number of alkyl carbamates (subject to hydrolysis) is 3. The van der Waals surface area contributed by atoms with Crippen LogP contribution in [-0.2, 0) is 30.4 Å². The molecule has 0 saturated carbocycles. The Labute approximate surface area is 233 Å². The third-order valence-electron chi connectivity index (χ3n) is 4.73. The van der Waals surface area contributed by atoms with Crippen molar-refractivity contribution in [3.05, 3.63) is 35.9 Å². The first-order valence-electron chi connectivity index (χ1n) is 12.6.